The van der Waals surface area contributed by atoms with E-state index in [2.05, 4.69) is 29.8 Å². The van der Waals surface area contributed by atoms with Gasteiger partial charge < -0.3 is 4.74 Å². The Balaban J connectivity index is 2.98. The molecule has 1 N–H and O–H groups in total. The topological polar surface area (TPSA) is 21.3 Å². The zero-order chi connectivity index (χ0) is 10.7. The Hall–Kier alpha value is -0.230. The van der Waals surface area contributed by atoms with Gasteiger partial charge in [-0.1, -0.05) is 36.0 Å². The maximum absolute atomic E-state index is 13.1. The van der Waals surface area contributed by atoms with Crippen molar-refractivity contribution in [3.05, 3.63) is 28.0 Å². The first-order valence-electron chi connectivity index (χ1n) is 3.31. The molecule has 0 amide bonds. The van der Waals surface area contributed by atoms with Gasteiger partial charge in [0.25, 0.3) is 5.17 Å². The van der Waals surface area contributed by atoms with E-state index in [0.29, 0.717) is 0 Å². The van der Waals surface area contributed by atoms with Gasteiger partial charge in [-0.05, 0) is 18.3 Å². The van der Waals surface area contributed by atoms with Crippen LogP contribution in [0.3, 0.4) is 0 Å². The first-order chi connectivity index (χ1) is 6.54. The van der Waals surface area contributed by atoms with Crippen molar-refractivity contribution >= 4 is 53.4 Å². The third-order valence-corrected chi connectivity index (χ3v) is 2.53. The van der Waals surface area contributed by atoms with E-state index in [1.165, 1.54) is 6.07 Å². The van der Waals surface area contributed by atoms with Crippen LogP contribution in [0.1, 0.15) is 0 Å². The highest BCUT2D eigenvalue weighted by Gasteiger charge is 2.09. The highest BCUT2D eigenvalue weighted by molar-refractivity contribution is 7.84. The molecule has 1 aromatic carbocycles. The summed E-state index contributed by atoms with van der Waals surface area (Å²) in [5, 5.41) is 0.219. The van der Waals surface area contributed by atoms with E-state index in [1.54, 1.807) is 0 Å². The Morgan fingerprint density at radius 2 is 2.00 bits per heavy atom. The minimum atomic E-state index is -0.648. The van der Waals surface area contributed by atoms with Gasteiger partial charge in [0.15, 0.2) is 11.6 Å². The molecule has 0 fully saturated rings. The fourth-order valence-electron chi connectivity index (χ4n) is 0.705. The van der Waals surface area contributed by atoms with E-state index in [0.717, 1.165) is 6.07 Å². The quantitative estimate of drug-likeness (QED) is 0.465. The summed E-state index contributed by atoms with van der Waals surface area (Å²) in [6.45, 7) is 0. The van der Waals surface area contributed by atoms with Crippen molar-refractivity contribution in [3.63, 3.8) is 0 Å². The summed E-state index contributed by atoms with van der Waals surface area (Å²) < 4.78 is 20.2. The van der Waals surface area contributed by atoms with Crippen molar-refractivity contribution in [3.8, 4) is 5.75 Å². The van der Waals surface area contributed by atoms with Crippen molar-refractivity contribution in [2.75, 3.05) is 0 Å². The number of benzene rings is 1. The number of thiol groups is 1. The van der Waals surface area contributed by atoms with Gasteiger partial charge in [-0.2, -0.15) is 0 Å². The molecule has 1 rings (SSSR count). The van der Waals surface area contributed by atoms with Crippen LogP contribution in [-0.4, -0.2) is 5.17 Å². The van der Waals surface area contributed by atoms with Crippen molar-refractivity contribution in [1.29, 1.82) is 0 Å². The number of thiocarbonyl (C=S) groups is 1. The fraction of sp³-hybridized carbons (Fsp3) is 0. The molecule has 0 aliphatic rings. The number of hydrogen-bond acceptors (Lipinski definition) is 3. The molecule has 0 aliphatic heterocycles. The molecule has 0 spiro atoms. The van der Waals surface area contributed by atoms with Crippen LogP contribution in [0, 0.1) is 5.82 Å². The molecule has 0 saturated carbocycles. The van der Waals surface area contributed by atoms with Crippen molar-refractivity contribution in [2.45, 2.75) is 0 Å². The summed E-state index contributed by atoms with van der Waals surface area (Å²) in [6, 6.07) is 2.27. The van der Waals surface area contributed by atoms with E-state index in [9.17, 15) is 4.39 Å². The zero-order valence-corrected chi connectivity index (χ0v) is 9.78. The lowest BCUT2D eigenvalue weighted by molar-refractivity contribution is 0.492. The van der Waals surface area contributed by atoms with Gasteiger partial charge in [-0.25, -0.2) is 4.39 Å². The van der Waals surface area contributed by atoms with E-state index in [-0.39, 0.29) is 21.0 Å². The molecule has 1 aromatic rings. The molecule has 14 heavy (non-hydrogen) atoms. The maximum Gasteiger partial charge on any atom is 0.272 e. The minimum Gasteiger partial charge on any atom is -0.428 e. The van der Waals surface area contributed by atoms with Gasteiger partial charge in [0, 0.05) is 6.07 Å². The second-order valence-electron chi connectivity index (χ2n) is 2.20. The molecule has 0 saturated heterocycles. The van der Waals surface area contributed by atoms with Crippen LogP contribution in [0.4, 0.5) is 4.39 Å². The maximum atomic E-state index is 13.1. The van der Waals surface area contributed by atoms with Crippen LogP contribution in [0.15, 0.2) is 12.1 Å². The lowest BCUT2D eigenvalue weighted by atomic mass is 10.3. The Morgan fingerprint density at radius 3 is 2.57 bits per heavy atom. The van der Waals surface area contributed by atoms with Crippen molar-refractivity contribution < 1.29 is 9.13 Å². The number of nitrogens with one attached hydrogen (secondary N) is 1. The third-order valence-electron chi connectivity index (χ3n) is 1.27. The third kappa shape index (κ3) is 2.88. The lowest BCUT2D eigenvalue weighted by Crippen LogP contribution is -2.17. The number of halogens is 3. The summed E-state index contributed by atoms with van der Waals surface area (Å²) in [6.07, 6.45) is 0. The van der Waals surface area contributed by atoms with E-state index in [4.69, 9.17) is 27.9 Å². The van der Waals surface area contributed by atoms with E-state index >= 15 is 0 Å². The van der Waals surface area contributed by atoms with Gasteiger partial charge in [0.1, 0.15) is 0 Å². The molecule has 2 nitrogen and oxygen atoms in total. The van der Waals surface area contributed by atoms with Crippen LogP contribution >= 0.6 is 48.2 Å². The molecule has 0 aliphatic carbocycles. The van der Waals surface area contributed by atoms with Gasteiger partial charge in [0.2, 0.25) is 0 Å². The molecule has 76 valence electrons. The predicted octanol–water partition coefficient (Wildman–Crippen LogP) is 3.23. The average Bonchev–Trinajstić information content (AvgIpc) is 2.14. The zero-order valence-electron chi connectivity index (χ0n) is 6.55. The van der Waals surface area contributed by atoms with E-state index < -0.39 is 5.82 Å². The SMILES string of the molecule is Fc1cc(Cl)c(Cl)cc1OC(=S)NS. The largest absolute Gasteiger partial charge is 0.428 e. The molecule has 0 unspecified atom stereocenters. The summed E-state index contributed by atoms with van der Waals surface area (Å²) in [5.74, 6) is -0.753. The van der Waals surface area contributed by atoms with Crippen LogP contribution < -0.4 is 9.46 Å². The fourth-order valence-corrected chi connectivity index (χ4v) is 1.14. The average molecular weight is 272 g/mol. The molecule has 0 radical (unpaired) electrons. The molecule has 7 heteroatoms. The monoisotopic (exact) mass is 271 g/mol. The molecular formula is C7H4Cl2FNOS2. The molecular weight excluding hydrogens is 268 g/mol. The molecule has 0 heterocycles. The smallest absolute Gasteiger partial charge is 0.272 e. The number of ether oxygens (including phenoxy) is 1. The minimum absolute atomic E-state index is 0.0781. The Morgan fingerprint density at radius 1 is 1.43 bits per heavy atom. The number of rotatable bonds is 1. The highest BCUT2D eigenvalue weighted by Crippen LogP contribution is 2.29. The molecule has 0 atom stereocenters. The van der Waals surface area contributed by atoms with Gasteiger partial charge in [-0.3, -0.25) is 4.72 Å². The van der Waals surface area contributed by atoms with Crippen molar-refractivity contribution in [1.82, 2.24) is 4.72 Å². The standard InChI is InChI=1S/C7H4Cl2FNOS2/c8-3-1-5(10)6(2-4(3)9)12-7(13)11-14/h1-2,14H,(H,11,13). The van der Waals surface area contributed by atoms with Crippen LogP contribution in [0.5, 0.6) is 5.75 Å². The normalized spacial score (nSPS) is 9.71. The second-order valence-corrected chi connectivity index (χ2v) is 3.61. The highest BCUT2D eigenvalue weighted by atomic mass is 35.5. The Kier molecular flexibility index (Phi) is 4.25. The van der Waals surface area contributed by atoms with Gasteiger partial charge in [0.05, 0.1) is 10.0 Å². The lowest BCUT2D eigenvalue weighted by Gasteiger charge is -2.07. The first-order valence-corrected chi connectivity index (χ1v) is 4.92. The Labute approximate surface area is 101 Å². The summed E-state index contributed by atoms with van der Waals surface area (Å²) in [5.41, 5.74) is 0. The molecule has 0 aromatic heterocycles. The van der Waals surface area contributed by atoms with Gasteiger partial charge in [-0.15, -0.1) is 0 Å². The summed E-state index contributed by atoms with van der Waals surface area (Å²) in [4.78, 5) is 0. The van der Waals surface area contributed by atoms with Crippen molar-refractivity contribution in [2.24, 2.45) is 0 Å². The summed E-state index contributed by atoms with van der Waals surface area (Å²) >= 11 is 19.5. The van der Waals surface area contributed by atoms with Crippen LogP contribution in [0.2, 0.25) is 10.0 Å². The Bertz CT molecular complexity index is 375. The summed E-state index contributed by atoms with van der Waals surface area (Å²) in [7, 11) is 0. The van der Waals surface area contributed by atoms with Crippen LogP contribution in [0.25, 0.3) is 0 Å². The molecule has 0 bridgehead atoms. The first kappa shape index (κ1) is 11.8. The predicted molar refractivity (Wildman–Crippen MR) is 61.8 cm³/mol. The van der Waals surface area contributed by atoms with E-state index in [1.807, 2.05) is 0 Å². The van der Waals surface area contributed by atoms with Gasteiger partial charge >= 0.3 is 0 Å². The second kappa shape index (κ2) is 5.02. The number of hydrogen-bond donors (Lipinski definition) is 2. The van der Waals surface area contributed by atoms with Crippen LogP contribution in [-0.2, 0) is 0 Å².